The van der Waals surface area contributed by atoms with Gasteiger partial charge in [0.05, 0.1) is 13.2 Å². The van der Waals surface area contributed by atoms with Gasteiger partial charge in [-0.2, -0.15) is 0 Å². The zero-order valence-corrected chi connectivity index (χ0v) is 12.9. The van der Waals surface area contributed by atoms with Crippen LogP contribution in [0.4, 0.5) is 5.69 Å². The van der Waals surface area contributed by atoms with Crippen LogP contribution in [-0.2, 0) is 16.1 Å². The lowest BCUT2D eigenvalue weighted by Crippen LogP contribution is -2.34. The Balaban J connectivity index is 2.11. The van der Waals surface area contributed by atoms with Crippen molar-refractivity contribution in [3.63, 3.8) is 0 Å². The van der Waals surface area contributed by atoms with E-state index in [-0.39, 0.29) is 5.91 Å². The number of anilines is 1. The summed E-state index contributed by atoms with van der Waals surface area (Å²) in [4.78, 5) is 13.9. The van der Waals surface area contributed by atoms with Gasteiger partial charge >= 0.3 is 0 Å². The monoisotopic (exact) mass is 291 g/mol. The van der Waals surface area contributed by atoms with E-state index in [9.17, 15) is 4.79 Å². The topological polar surface area (TPSA) is 53.6 Å². The summed E-state index contributed by atoms with van der Waals surface area (Å²) in [7, 11) is 1.70. The van der Waals surface area contributed by atoms with Crippen molar-refractivity contribution in [3.8, 4) is 0 Å². The molecule has 116 valence electrons. The average molecular weight is 291 g/mol. The summed E-state index contributed by atoms with van der Waals surface area (Å²) in [5.74, 6) is 0.103. The van der Waals surface area contributed by atoms with E-state index < -0.39 is 0 Å². The number of amides is 1. The van der Waals surface area contributed by atoms with Crippen molar-refractivity contribution in [2.24, 2.45) is 0 Å². The van der Waals surface area contributed by atoms with E-state index in [0.717, 1.165) is 38.3 Å². The first-order valence-corrected chi connectivity index (χ1v) is 7.51. The minimum atomic E-state index is 0.103. The number of benzene rings is 1. The largest absolute Gasteiger partial charge is 0.383 e. The van der Waals surface area contributed by atoms with Crippen LogP contribution in [0.2, 0.25) is 0 Å². The van der Waals surface area contributed by atoms with E-state index in [1.165, 1.54) is 11.1 Å². The van der Waals surface area contributed by atoms with Crippen LogP contribution in [0, 0.1) is 6.92 Å². The molecule has 0 unspecified atom stereocenters. The van der Waals surface area contributed by atoms with E-state index in [0.29, 0.717) is 13.2 Å². The summed E-state index contributed by atoms with van der Waals surface area (Å²) >= 11 is 0. The van der Waals surface area contributed by atoms with Gasteiger partial charge in [-0.3, -0.25) is 4.79 Å². The number of aryl methyl sites for hydroxylation is 1. The number of hydrogen-bond acceptors (Lipinski definition) is 4. The lowest BCUT2D eigenvalue weighted by atomic mass is 10.1. The van der Waals surface area contributed by atoms with Gasteiger partial charge in [-0.1, -0.05) is 17.7 Å². The SMILES string of the molecule is COCCNCc1cc(C)ccc1N1CCCNC(=O)C1. The van der Waals surface area contributed by atoms with Gasteiger partial charge in [-0.15, -0.1) is 0 Å². The number of methoxy groups -OCH3 is 1. The number of nitrogens with one attached hydrogen (secondary N) is 2. The maximum atomic E-state index is 11.8. The lowest BCUT2D eigenvalue weighted by molar-refractivity contribution is -0.119. The Bertz CT molecular complexity index is 477. The van der Waals surface area contributed by atoms with Crippen LogP contribution in [0.15, 0.2) is 18.2 Å². The Labute approximate surface area is 126 Å². The smallest absolute Gasteiger partial charge is 0.239 e. The minimum absolute atomic E-state index is 0.103. The molecule has 0 spiro atoms. The molecule has 1 fully saturated rings. The van der Waals surface area contributed by atoms with E-state index >= 15 is 0 Å². The number of hydrogen-bond donors (Lipinski definition) is 2. The first kappa shape index (κ1) is 15.8. The third-order valence-corrected chi connectivity index (χ3v) is 3.64. The fraction of sp³-hybridized carbons (Fsp3) is 0.562. The third kappa shape index (κ3) is 4.72. The van der Waals surface area contributed by atoms with Gasteiger partial charge in [-0.25, -0.2) is 0 Å². The lowest BCUT2D eigenvalue weighted by Gasteiger charge is -2.25. The molecule has 0 radical (unpaired) electrons. The molecule has 1 aliphatic rings. The second-order valence-electron chi connectivity index (χ2n) is 5.43. The molecule has 1 aromatic rings. The van der Waals surface area contributed by atoms with Crippen LogP contribution >= 0.6 is 0 Å². The molecule has 0 bridgehead atoms. The van der Waals surface area contributed by atoms with Gasteiger partial charge < -0.3 is 20.3 Å². The summed E-state index contributed by atoms with van der Waals surface area (Å²) in [5, 5.41) is 6.31. The molecular weight excluding hydrogens is 266 g/mol. The number of rotatable bonds is 6. The Morgan fingerprint density at radius 1 is 1.43 bits per heavy atom. The molecule has 1 saturated heterocycles. The molecule has 1 aromatic carbocycles. The highest BCUT2D eigenvalue weighted by atomic mass is 16.5. The molecule has 2 N–H and O–H groups in total. The molecule has 0 aromatic heterocycles. The zero-order chi connectivity index (χ0) is 15.1. The second-order valence-corrected chi connectivity index (χ2v) is 5.43. The summed E-state index contributed by atoms with van der Waals surface area (Å²) < 4.78 is 5.05. The second kappa shape index (κ2) is 8.00. The highest BCUT2D eigenvalue weighted by Gasteiger charge is 2.17. The number of carbonyl (C=O) groups excluding carboxylic acids is 1. The molecule has 1 amide bonds. The Morgan fingerprint density at radius 2 is 2.29 bits per heavy atom. The van der Waals surface area contributed by atoms with E-state index in [1.807, 2.05) is 0 Å². The number of ether oxygens (including phenoxy) is 1. The number of nitrogens with zero attached hydrogens (tertiary/aromatic N) is 1. The molecule has 0 saturated carbocycles. The summed E-state index contributed by atoms with van der Waals surface area (Å²) in [6.07, 6.45) is 0.982. The Kier molecular flexibility index (Phi) is 6.02. The fourth-order valence-corrected chi connectivity index (χ4v) is 2.57. The first-order chi connectivity index (χ1) is 10.2. The normalized spacial score (nSPS) is 15.7. The van der Waals surface area contributed by atoms with E-state index in [2.05, 4.69) is 40.7 Å². The molecule has 5 nitrogen and oxygen atoms in total. The molecule has 5 heteroatoms. The van der Waals surface area contributed by atoms with Crippen molar-refractivity contribution in [2.45, 2.75) is 19.9 Å². The van der Waals surface area contributed by atoms with Crippen molar-refractivity contribution < 1.29 is 9.53 Å². The van der Waals surface area contributed by atoms with Crippen molar-refractivity contribution in [1.29, 1.82) is 0 Å². The van der Waals surface area contributed by atoms with Crippen molar-refractivity contribution >= 4 is 11.6 Å². The molecule has 1 aliphatic heterocycles. The van der Waals surface area contributed by atoms with Gasteiger partial charge in [0.15, 0.2) is 0 Å². The zero-order valence-electron chi connectivity index (χ0n) is 12.9. The van der Waals surface area contributed by atoms with Crippen LogP contribution in [0.25, 0.3) is 0 Å². The van der Waals surface area contributed by atoms with Gasteiger partial charge in [0.1, 0.15) is 0 Å². The summed E-state index contributed by atoms with van der Waals surface area (Å²) in [6.45, 7) is 6.53. The first-order valence-electron chi connectivity index (χ1n) is 7.51. The van der Waals surface area contributed by atoms with Crippen molar-refractivity contribution in [3.05, 3.63) is 29.3 Å². The Morgan fingerprint density at radius 3 is 3.10 bits per heavy atom. The van der Waals surface area contributed by atoms with Crippen LogP contribution in [0.1, 0.15) is 17.5 Å². The maximum Gasteiger partial charge on any atom is 0.239 e. The van der Waals surface area contributed by atoms with E-state index in [4.69, 9.17) is 4.74 Å². The van der Waals surface area contributed by atoms with Crippen molar-refractivity contribution in [1.82, 2.24) is 10.6 Å². The van der Waals surface area contributed by atoms with Gasteiger partial charge in [-0.05, 0) is 25.0 Å². The van der Waals surface area contributed by atoms with Crippen molar-refractivity contribution in [2.75, 3.05) is 44.8 Å². The third-order valence-electron chi connectivity index (χ3n) is 3.64. The predicted octanol–water partition coefficient (Wildman–Crippen LogP) is 1.06. The minimum Gasteiger partial charge on any atom is -0.383 e. The van der Waals surface area contributed by atoms with Gasteiger partial charge in [0.2, 0.25) is 5.91 Å². The molecule has 0 atom stereocenters. The average Bonchev–Trinajstić information content (AvgIpc) is 2.68. The van der Waals surface area contributed by atoms with Crippen LogP contribution < -0.4 is 15.5 Å². The molecular formula is C16H25N3O2. The maximum absolute atomic E-state index is 11.8. The highest BCUT2D eigenvalue weighted by molar-refractivity contribution is 5.82. The Hall–Kier alpha value is -1.59. The van der Waals surface area contributed by atoms with Gasteiger partial charge in [0, 0.05) is 39.0 Å². The molecule has 21 heavy (non-hydrogen) atoms. The summed E-state index contributed by atoms with van der Waals surface area (Å²) in [5.41, 5.74) is 3.63. The van der Waals surface area contributed by atoms with Crippen LogP contribution in [0.3, 0.4) is 0 Å². The van der Waals surface area contributed by atoms with Crippen LogP contribution in [0.5, 0.6) is 0 Å². The fourth-order valence-electron chi connectivity index (χ4n) is 2.57. The molecule has 1 heterocycles. The molecule has 2 rings (SSSR count). The standard InChI is InChI=1S/C16H25N3O2/c1-13-4-5-15(14(10-13)11-17-7-9-21-2)19-8-3-6-18-16(20)12-19/h4-5,10,17H,3,6-9,11-12H2,1-2H3,(H,18,20). The number of carbonyl (C=O) groups is 1. The van der Waals surface area contributed by atoms with Crippen LogP contribution in [-0.4, -0.2) is 45.8 Å². The quantitative estimate of drug-likeness (QED) is 0.770. The van der Waals surface area contributed by atoms with E-state index in [1.54, 1.807) is 7.11 Å². The highest BCUT2D eigenvalue weighted by Crippen LogP contribution is 2.23. The summed E-state index contributed by atoms with van der Waals surface area (Å²) in [6, 6.07) is 6.43. The molecule has 0 aliphatic carbocycles. The van der Waals surface area contributed by atoms with Gasteiger partial charge in [0.25, 0.3) is 0 Å². The predicted molar refractivity (Wildman–Crippen MR) is 84.6 cm³/mol.